The van der Waals surface area contributed by atoms with E-state index in [-0.39, 0.29) is 11.8 Å². The molecule has 2 aromatic rings. The van der Waals surface area contributed by atoms with E-state index in [1.807, 2.05) is 30.3 Å². The topological polar surface area (TPSA) is 67.2 Å². The molecule has 3 rings (SSSR count). The number of nitrogens with one attached hydrogen (secondary N) is 2. The molecule has 0 spiro atoms. The van der Waals surface area contributed by atoms with E-state index in [0.29, 0.717) is 5.56 Å². The van der Waals surface area contributed by atoms with E-state index >= 15 is 0 Å². The molecule has 1 aliphatic heterocycles. The number of carbonyl (C=O) groups excluding carboxylic acids is 1. The Morgan fingerprint density at radius 1 is 1.35 bits per heavy atom. The molecule has 1 atom stereocenters. The van der Waals surface area contributed by atoms with Crippen molar-refractivity contribution in [1.82, 2.24) is 10.5 Å². The number of piperidine rings is 1. The van der Waals surface area contributed by atoms with Gasteiger partial charge in [-0.05, 0) is 31.5 Å². The second kappa shape index (κ2) is 5.88. The summed E-state index contributed by atoms with van der Waals surface area (Å²) >= 11 is 0. The summed E-state index contributed by atoms with van der Waals surface area (Å²) in [5.41, 5.74) is 2.06. The monoisotopic (exact) mass is 271 g/mol. The molecule has 1 aliphatic rings. The number of rotatable bonds is 3. The minimum Gasteiger partial charge on any atom is -0.364 e. The summed E-state index contributed by atoms with van der Waals surface area (Å²) in [5, 5.41) is 10.2. The highest BCUT2D eigenvalue weighted by atomic mass is 16.5. The van der Waals surface area contributed by atoms with Gasteiger partial charge >= 0.3 is 0 Å². The third kappa shape index (κ3) is 2.72. The van der Waals surface area contributed by atoms with Crippen LogP contribution in [0.5, 0.6) is 0 Å². The summed E-state index contributed by atoms with van der Waals surface area (Å²) < 4.78 is 5.02. The fourth-order valence-corrected chi connectivity index (χ4v) is 2.51. The molecule has 1 fully saturated rings. The normalized spacial score (nSPS) is 18.7. The second-order valence-corrected chi connectivity index (χ2v) is 4.98. The minimum absolute atomic E-state index is 0.168. The SMILES string of the molecule is O=C(Nc1ccccc1)c1conc1[C@@H]1CCCNC1. The van der Waals surface area contributed by atoms with Crippen molar-refractivity contribution < 1.29 is 9.32 Å². The van der Waals surface area contributed by atoms with E-state index in [9.17, 15) is 4.79 Å². The third-order valence-electron chi connectivity index (χ3n) is 3.56. The van der Waals surface area contributed by atoms with Crippen LogP contribution in [0.1, 0.15) is 34.8 Å². The molecule has 2 N–H and O–H groups in total. The van der Waals surface area contributed by atoms with Crippen molar-refractivity contribution in [3.8, 4) is 0 Å². The first-order valence-corrected chi connectivity index (χ1v) is 6.86. The first-order valence-electron chi connectivity index (χ1n) is 6.86. The van der Waals surface area contributed by atoms with Crippen LogP contribution in [-0.4, -0.2) is 24.2 Å². The second-order valence-electron chi connectivity index (χ2n) is 4.98. The fourth-order valence-electron chi connectivity index (χ4n) is 2.51. The van der Waals surface area contributed by atoms with Gasteiger partial charge in [0, 0.05) is 18.2 Å². The van der Waals surface area contributed by atoms with Crippen LogP contribution < -0.4 is 10.6 Å². The van der Waals surface area contributed by atoms with Crippen LogP contribution >= 0.6 is 0 Å². The summed E-state index contributed by atoms with van der Waals surface area (Å²) in [6, 6.07) is 9.39. The Hall–Kier alpha value is -2.14. The maximum absolute atomic E-state index is 12.3. The van der Waals surface area contributed by atoms with Crippen LogP contribution in [0.15, 0.2) is 41.1 Å². The van der Waals surface area contributed by atoms with Gasteiger partial charge in [-0.2, -0.15) is 0 Å². The molecule has 0 aliphatic carbocycles. The molecule has 1 aromatic carbocycles. The molecular weight excluding hydrogens is 254 g/mol. The molecule has 0 bridgehead atoms. The van der Waals surface area contributed by atoms with E-state index in [1.165, 1.54) is 6.26 Å². The van der Waals surface area contributed by atoms with Gasteiger partial charge in [-0.15, -0.1) is 0 Å². The smallest absolute Gasteiger partial charge is 0.260 e. The molecular formula is C15H17N3O2. The zero-order valence-corrected chi connectivity index (χ0v) is 11.1. The molecule has 0 saturated carbocycles. The third-order valence-corrected chi connectivity index (χ3v) is 3.56. The van der Waals surface area contributed by atoms with Crippen LogP contribution in [0.2, 0.25) is 0 Å². The number of anilines is 1. The molecule has 1 amide bonds. The summed E-state index contributed by atoms with van der Waals surface area (Å²) in [4.78, 5) is 12.3. The number of aromatic nitrogens is 1. The van der Waals surface area contributed by atoms with Crippen LogP contribution in [0.3, 0.4) is 0 Å². The number of carbonyl (C=O) groups is 1. The molecule has 0 radical (unpaired) electrons. The Kier molecular flexibility index (Phi) is 3.78. The van der Waals surface area contributed by atoms with Gasteiger partial charge in [-0.1, -0.05) is 23.4 Å². The average molecular weight is 271 g/mol. The molecule has 2 heterocycles. The highest BCUT2D eigenvalue weighted by molar-refractivity contribution is 6.04. The van der Waals surface area contributed by atoms with Crippen LogP contribution in [-0.2, 0) is 0 Å². The van der Waals surface area contributed by atoms with Crippen LogP contribution in [0.25, 0.3) is 0 Å². The first kappa shape index (κ1) is 12.9. The number of hydrogen-bond acceptors (Lipinski definition) is 4. The van der Waals surface area contributed by atoms with Crippen molar-refractivity contribution in [2.24, 2.45) is 0 Å². The van der Waals surface area contributed by atoms with Crippen molar-refractivity contribution in [2.45, 2.75) is 18.8 Å². The molecule has 5 nitrogen and oxygen atoms in total. The van der Waals surface area contributed by atoms with Gasteiger partial charge in [0.1, 0.15) is 17.5 Å². The van der Waals surface area contributed by atoms with Gasteiger partial charge < -0.3 is 15.2 Å². The maximum atomic E-state index is 12.3. The Morgan fingerprint density at radius 3 is 2.95 bits per heavy atom. The average Bonchev–Trinajstić information content (AvgIpc) is 2.99. The summed E-state index contributed by atoms with van der Waals surface area (Å²) in [6.45, 7) is 1.87. The highest BCUT2D eigenvalue weighted by Crippen LogP contribution is 2.25. The maximum Gasteiger partial charge on any atom is 0.260 e. The first-order chi connectivity index (χ1) is 9.84. The Balaban J connectivity index is 1.77. The van der Waals surface area contributed by atoms with E-state index in [0.717, 1.165) is 37.3 Å². The lowest BCUT2D eigenvalue weighted by Gasteiger charge is -2.21. The Labute approximate surface area is 117 Å². The van der Waals surface area contributed by atoms with Gasteiger partial charge in [0.15, 0.2) is 0 Å². The van der Waals surface area contributed by atoms with Crippen molar-refractivity contribution in [2.75, 3.05) is 18.4 Å². The number of benzene rings is 1. The van der Waals surface area contributed by atoms with Gasteiger partial charge in [0.2, 0.25) is 0 Å². The number of amides is 1. The van der Waals surface area contributed by atoms with E-state index in [4.69, 9.17) is 4.52 Å². The summed E-state index contributed by atoms with van der Waals surface area (Å²) in [5.74, 6) is 0.0806. The largest absolute Gasteiger partial charge is 0.364 e. The van der Waals surface area contributed by atoms with Gasteiger partial charge in [-0.3, -0.25) is 4.79 Å². The lowest BCUT2D eigenvalue weighted by molar-refractivity contribution is 0.102. The van der Waals surface area contributed by atoms with E-state index < -0.39 is 0 Å². The van der Waals surface area contributed by atoms with E-state index in [1.54, 1.807) is 0 Å². The number of hydrogen-bond donors (Lipinski definition) is 2. The number of para-hydroxylation sites is 1. The van der Waals surface area contributed by atoms with Gasteiger partial charge in [0.25, 0.3) is 5.91 Å². The molecule has 1 aromatic heterocycles. The Morgan fingerprint density at radius 2 is 2.20 bits per heavy atom. The van der Waals surface area contributed by atoms with Crippen LogP contribution in [0, 0.1) is 0 Å². The predicted molar refractivity (Wildman–Crippen MR) is 75.7 cm³/mol. The minimum atomic E-state index is -0.168. The molecule has 104 valence electrons. The van der Waals surface area contributed by atoms with Crippen LogP contribution in [0.4, 0.5) is 5.69 Å². The standard InChI is InChI=1S/C15H17N3O2/c19-15(17-12-6-2-1-3-7-12)13-10-20-18-14(13)11-5-4-8-16-9-11/h1-3,6-7,10-11,16H,4-5,8-9H2,(H,17,19)/t11-/m1/s1. The predicted octanol–water partition coefficient (Wildman–Crippen LogP) is 2.39. The quantitative estimate of drug-likeness (QED) is 0.899. The summed E-state index contributed by atoms with van der Waals surface area (Å²) in [7, 11) is 0. The number of nitrogens with zero attached hydrogens (tertiary/aromatic N) is 1. The highest BCUT2D eigenvalue weighted by Gasteiger charge is 2.25. The van der Waals surface area contributed by atoms with Crippen molar-refractivity contribution in [3.05, 3.63) is 47.9 Å². The van der Waals surface area contributed by atoms with Gasteiger partial charge in [-0.25, -0.2) is 0 Å². The lowest BCUT2D eigenvalue weighted by atomic mass is 9.93. The lowest BCUT2D eigenvalue weighted by Crippen LogP contribution is -2.29. The van der Waals surface area contributed by atoms with Crippen molar-refractivity contribution in [1.29, 1.82) is 0 Å². The van der Waals surface area contributed by atoms with Crippen molar-refractivity contribution in [3.63, 3.8) is 0 Å². The van der Waals surface area contributed by atoms with E-state index in [2.05, 4.69) is 15.8 Å². The zero-order valence-electron chi connectivity index (χ0n) is 11.1. The molecule has 0 unspecified atom stereocenters. The molecule has 1 saturated heterocycles. The fraction of sp³-hybridized carbons (Fsp3) is 0.333. The summed E-state index contributed by atoms with van der Waals surface area (Å²) in [6.07, 6.45) is 3.56. The zero-order chi connectivity index (χ0) is 13.8. The molecule has 5 heteroatoms. The Bertz CT molecular complexity index is 574. The van der Waals surface area contributed by atoms with Crippen molar-refractivity contribution >= 4 is 11.6 Å². The van der Waals surface area contributed by atoms with Gasteiger partial charge in [0.05, 0.1) is 0 Å². The molecule has 20 heavy (non-hydrogen) atoms.